The second-order valence-corrected chi connectivity index (χ2v) is 3.70. The highest BCUT2D eigenvalue weighted by Crippen LogP contribution is 2.30. The van der Waals surface area contributed by atoms with Crippen LogP contribution in [0.5, 0.6) is 5.75 Å². The van der Waals surface area contributed by atoms with Crippen LogP contribution in [0.4, 0.5) is 5.69 Å². The van der Waals surface area contributed by atoms with Gasteiger partial charge in [0.15, 0.2) is 0 Å². The zero-order valence-electron chi connectivity index (χ0n) is 9.50. The van der Waals surface area contributed by atoms with Crippen LogP contribution in [0, 0.1) is 6.92 Å². The van der Waals surface area contributed by atoms with E-state index in [2.05, 4.69) is 5.32 Å². The largest absolute Gasteiger partial charge is 0.495 e. The summed E-state index contributed by atoms with van der Waals surface area (Å²) in [5, 5.41) is 3.33. The van der Waals surface area contributed by atoms with Gasteiger partial charge in [0.25, 0.3) is 0 Å². The summed E-state index contributed by atoms with van der Waals surface area (Å²) in [6, 6.07) is 3.46. The van der Waals surface area contributed by atoms with E-state index in [1.54, 1.807) is 25.1 Å². The first kappa shape index (κ1) is 12.6. The van der Waals surface area contributed by atoms with Crippen molar-refractivity contribution in [2.75, 3.05) is 12.4 Å². The van der Waals surface area contributed by atoms with Crippen molar-refractivity contribution in [3.8, 4) is 5.75 Å². The summed E-state index contributed by atoms with van der Waals surface area (Å²) in [6.45, 7) is 3.65. The van der Waals surface area contributed by atoms with Crippen LogP contribution in [-0.4, -0.2) is 13.0 Å². The molecule has 0 aliphatic heterocycles. The lowest BCUT2D eigenvalue weighted by atomic mass is 10.2. The predicted octanol–water partition coefficient (Wildman–Crippen LogP) is 3.17. The van der Waals surface area contributed by atoms with E-state index in [0.29, 0.717) is 16.5 Å². The number of aryl methyl sites for hydroxylation is 1. The highest BCUT2D eigenvalue weighted by Gasteiger charge is 2.08. The summed E-state index contributed by atoms with van der Waals surface area (Å²) < 4.78 is 5.14. The van der Waals surface area contributed by atoms with Crippen LogP contribution in [0.1, 0.15) is 12.5 Å². The molecular formula is C12H14ClNO2. The van der Waals surface area contributed by atoms with Gasteiger partial charge in [0.2, 0.25) is 5.91 Å². The maximum absolute atomic E-state index is 11.4. The number of carbonyl (C=O) groups excluding carboxylic acids is 1. The number of anilines is 1. The Labute approximate surface area is 100 Å². The SMILES string of the molecule is CC=CC(=O)Nc1cc(C)c(Cl)cc1OC. The zero-order valence-corrected chi connectivity index (χ0v) is 10.3. The van der Waals surface area contributed by atoms with Crippen molar-refractivity contribution in [3.63, 3.8) is 0 Å². The maximum Gasteiger partial charge on any atom is 0.248 e. The molecule has 1 N–H and O–H groups in total. The minimum Gasteiger partial charge on any atom is -0.495 e. The molecule has 0 aromatic heterocycles. The molecule has 0 radical (unpaired) electrons. The second-order valence-electron chi connectivity index (χ2n) is 3.29. The molecule has 1 aromatic carbocycles. The fourth-order valence-corrected chi connectivity index (χ4v) is 1.41. The lowest BCUT2D eigenvalue weighted by Gasteiger charge is -2.11. The molecule has 86 valence electrons. The van der Waals surface area contributed by atoms with Crippen molar-refractivity contribution in [2.45, 2.75) is 13.8 Å². The minimum atomic E-state index is -0.192. The number of rotatable bonds is 3. The molecule has 0 aliphatic rings. The summed E-state index contributed by atoms with van der Waals surface area (Å²) in [6.07, 6.45) is 3.12. The van der Waals surface area contributed by atoms with Gasteiger partial charge in [0.05, 0.1) is 12.8 Å². The van der Waals surface area contributed by atoms with E-state index in [4.69, 9.17) is 16.3 Å². The van der Waals surface area contributed by atoms with Gasteiger partial charge in [-0.1, -0.05) is 17.7 Å². The number of benzene rings is 1. The Morgan fingerprint density at radius 3 is 2.75 bits per heavy atom. The quantitative estimate of drug-likeness (QED) is 0.823. The van der Waals surface area contributed by atoms with Gasteiger partial charge in [-0.3, -0.25) is 4.79 Å². The van der Waals surface area contributed by atoms with Gasteiger partial charge in [0, 0.05) is 11.1 Å². The van der Waals surface area contributed by atoms with Crippen LogP contribution >= 0.6 is 11.6 Å². The fraction of sp³-hybridized carbons (Fsp3) is 0.250. The molecule has 3 nitrogen and oxygen atoms in total. The monoisotopic (exact) mass is 239 g/mol. The first-order valence-electron chi connectivity index (χ1n) is 4.86. The van der Waals surface area contributed by atoms with Crippen molar-refractivity contribution in [1.82, 2.24) is 0 Å². The van der Waals surface area contributed by atoms with Crippen LogP contribution in [0.15, 0.2) is 24.3 Å². The number of hydrogen-bond donors (Lipinski definition) is 1. The van der Waals surface area contributed by atoms with Crippen LogP contribution in [0.3, 0.4) is 0 Å². The number of nitrogens with one attached hydrogen (secondary N) is 1. The van der Waals surface area contributed by atoms with Crippen LogP contribution in [-0.2, 0) is 4.79 Å². The van der Waals surface area contributed by atoms with E-state index in [-0.39, 0.29) is 5.91 Å². The summed E-state index contributed by atoms with van der Waals surface area (Å²) in [5.41, 5.74) is 1.51. The molecule has 0 heterocycles. The van der Waals surface area contributed by atoms with E-state index in [1.165, 1.54) is 13.2 Å². The normalized spacial score (nSPS) is 10.5. The third kappa shape index (κ3) is 3.00. The molecule has 1 aromatic rings. The Bertz CT molecular complexity index is 427. The molecule has 0 atom stereocenters. The van der Waals surface area contributed by atoms with Gasteiger partial charge in [-0.2, -0.15) is 0 Å². The van der Waals surface area contributed by atoms with Crippen LogP contribution in [0.2, 0.25) is 5.02 Å². The number of halogens is 1. The van der Waals surface area contributed by atoms with Crippen molar-refractivity contribution in [3.05, 3.63) is 34.9 Å². The van der Waals surface area contributed by atoms with Crippen molar-refractivity contribution in [2.24, 2.45) is 0 Å². The molecule has 1 amide bonds. The van der Waals surface area contributed by atoms with Gasteiger partial charge >= 0.3 is 0 Å². The van der Waals surface area contributed by atoms with E-state index in [9.17, 15) is 4.79 Å². The molecule has 1 rings (SSSR count). The highest BCUT2D eigenvalue weighted by molar-refractivity contribution is 6.31. The Morgan fingerprint density at radius 1 is 1.50 bits per heavy atom. The Morgan fingerprint density at radius 2 is 2.19 bits per heavy atom. The number of hydrogen-bond acceptors (Lipinski definition) is 2. The fourth-order valence-electron chi connectivity index (χ4n) is 1.26. The van der Waals surface area contributed by atoms with Crippen molar-refractivity contribution < 1.29 is 9.53 Å². The zero-order chi connectivity index (χ0) is 12.1. The van der Waals surface area contributed by atoms with Crippen LogP contribution < -0.4 is 10.1 Å². The highest BCUT2D eigenvalue weighted by atomic mass is 35.5. The van der Waals surface area contributed by atoms with Gasteiger partial charge < -0.3 is 10.1 Å². The Balaban J connectivity index is 3.03. The Hall–Kier alpha value is -1.48. The molecule has 16 heavy (non-hydrogen) atoms. The van der Waals surface area contributed by atoms with Gasteiger partial charge in [-0.15, -0.1) is 0 Å². The third-order valence-electron chi connectivity index (χ3n) is 2.06. The van der Waals surface area contributed by atoms with Crippen LogP contribution in [0.25, 0.3) is 0 Å². The van der Waals surface area contributed by atoms with E-state index < -0.39 is 0 Å². The smallest absolute Gasteiger partial charge is 0.248 e. The molecule has 4 heteroatoms. The van der Waals surface area contributed by atoms with Crippen molar-refractivity contribution in [1.29, 1.82) is 0 Å². The molecular weight excluding hydrogens is 226 g/mol. The van der Waals surface area contributed by atoms with Gasteiger partial charge in [0.1, 0.15) is 5.75 Å². The lowest BCUT2D eigenvalue weighted by molar-refractivity contribution is -0.111. The minimum absolute atomic E-state index is 0.192. The van der Waals surface area contributed by atoms with E-state index >= 15 is 0 Å². The number of amides is 1. The molecule has 0 saturated carbocycles. The summed E-state index contributed by atoms with van der Waals surface area (Å²) in [4.78, 5) is 11.4. The number of ether oxygens (including phenoxy) is 1. The first-order chi connectivity index (χ1) is 7.58. The molecule has 0 unspecified atom stereocenters. The van der Waals surface area contributed by atoms with Gasteiger partial charge in [-0.05, 0) is 31.6 Å². The summed E-state index contributed by atoms with van der Waals surface area (Å²) in [5.74, 6) is 0.357. The molecule has 0 spiro atoms. The molecule has 0 aliphatic carbocycles. The number of methoxy groups -OCH3 is 1. The third-order valence-corrected chi connectivity index (χ3v) is 2.46. The average Bonchev–Trinajstić information content (AvgIpc) is 2.23. The molecule has 0 saturated heterocycles. The second kappa shape index (κ2) is 5.56. The lowest BCUT2D eigenvalue weighted by Crippen LogP contribution is -2.09. The number of carbonyl (C=O) groups is 1. The summed E-state index contributed by atoms with van der Waals surface area (Å²) >= 11 is 5.96. The topological polar surface area (TPSA) is 38.3 Å². The van der Waals surface area contributed by atoms with Crippen molar-refractivity contribution >= 4 is 23.2 Å². The molecule has 0 bridgehead atoms. The molecule has 0 fully saturated rings. The maximum atomic E-state index is 11.4. The van der Waals surface area contributed by atoms with E-state index in [1.807, 2.05) is 6.92 Å². The van der Waals surface area contributed by atoms with Gasteiger partial charge in [-0.25, -0.2) is 0 Å². The summed E-state index contributed by atoms with van der Waals surface area (Å²) in [7, 11) is 1.53. The Kier molecular flexibility index (Phi) is 4.38. The number of allylic oxidation sites excluding steroid dienone is 1. The predicted molar refractivity (Wildman–Crippen MR) is 66.2 cm³/mol. The van der Waals surface area contributed by atoms with E-state index in [0.717, 1.165) is 5.56 Å². The average molecular weight is 240 g/mol. The standard InChI is InChI=1S/C12H14ClNO2/c1-4-5-12(15)14-10-6-8(2)9(13)7-11(10)16-3/h4-7H,1-3H3,(H,14,15). The first-order valence-corrected chi connectivity index (χ1v) is 5.24.